The number of carbonyl (C=O) groups is 1. The van der Waals surface area contributed by atoms with E-state index in [1.807, 2.05) is 39.0 Å². The van der Waals surface area contributed by atoms with Crippen LogP contribution >= 0.6 is 0 Å². The highest BCUT2D eigenvalue weighted by molar-refractivity contribution is 5.81. The molecule has 0 aliphatic carbocycles. The zero-order valence-corrected chi connectivity index (χ0v) is 12.6. The lowest BCUT2D eigenvalue weighted by atomic mass is 10.1. The lowest BCUT2D eigenvalue weighted by Crippen LogP contribution is -2.39. The standard InChI is InChI=1S/C16H25NO2/c1-6-14(16(18)17-10-11(2)3)19-15-9-12(4)7-8-13(15)5/h7-9,11,14H,6,10H2,1-5H3,(H,17,18)/t14-/m0/s1. The summed E-state index contributed by atoms with van der Waals surface area (Å²) < 4.78 is 5.86. The maximum atomic E-state index is 12.0. The summed E-state index contributed by atoms with van der Waals surface area (Å²) in [7, 11) is 0. The van der Waals surface area contributed by atoms with Crippen LogP contribution in [0.5, 0.6) is 5.75 Å². The Hall–Kier alpha value is -1.51. The minimum atomic E-state index is -0.417. The highest BCUT2D eigenvalue weighted by Crippen LogP contribution is 2.21. The zero-order chi connectivity index (χ0) is 14.4. The van der Waals surface area contributed by atoms with Crippen LogP contribution in [0.4, 0.5) is 0 Å². The van der Waals surface area contributed by atoms with Crippen LogP contribution in [0.3, 0.4) is 0 Å². The van der Waals surface area contributed by atoms with Crippen molar-refractivity contribution in [3.05, 3.63) is 29.3 Å². The van der Waals surface area contributed by atoms with Gasteiger partial charge in [-0.2, -0.15) is 0 Å². The molecule has 0 fully saturated rings. The second-order valence-corrected chi connectivity index (χ2v) is 5.42. The van der Waals surface area contributed by atoms with Crippen molar-refractivity contribution in [2.24, 2.45) is 5.92 Å². The van der Waals surface area contributed by atoms with Gasteiger partial charge < -0.3 is 10.1 Å². The van der Waals surface area contributed by atoms with Crippen LogP contribution < -0.4 is 10.1 Å². The van der Waals surface area contributed by atoms with E-state index in [1.54, 1.807) is 0 Å². The predicted octanol–water partition coefficient (Wildman–Crippen LogP) is 3.23. The molecule has 3 heteroatoms. The molecule has 0 radical (unpaired) electrons. The van der Waals surface area contributed by atoms with Gasteiger partial charge in [-0.05, 0) is 43.4 Å². The largest absolute Gasteiger partial charge is 0.480 e. The van der Waals surface area contributed by atoms with Gasteiger partial charge in [0.2, 0.25) is 0 Å². The van der Waals surface area contributed by atoms with Gasteiger partial charge in [-0.3, -0.25) is 4.79 Å². The molecule has 0 saturated carbocycles. The van der Waals surface area contributed by atoms with Crippen molar-refractivity contribution in [2.75, 3.05) is 6.54 Å². The number of hydrogen-bond acceptors (Lipinski definition) is 2. The van der Waals surface area contributed by atoms with Crippen LogP contribution in [0.15, 0.2) is 18.2 Å². The third-order valence-corrected chi connectivity index (χ3v) is 2.96. The summed E-state index contributed by atoms with van der Waals surface area (Å²) in [5.74, 6) is 1.21. The molecule has 0 bridgehead atoms. The Morgan fingerprint density at radius 3 is 2.58 bits per heavy atom. The van der Waals surface area contributed by atoms with E-state index in [4.69, 9.17) is 4.74 Å². The van der Waals surface area contributed by atoms with Gasteiger partial charge in [0.25, 0.3) is 5.91 Å². The first-order chi connectivity index (χ1) is 8.93. The molecule has 0 unspecified atom stereocenters. The molecule has 0 aromatic heterocycles. The van der Waals surface area contributed by atoms with Gasteiger partial charge in [0, 0.05) is 6.54 Å². The Labute approximate surface area is 116 Å². The van der Waals surface area contributed by atoms with Gasteiger partial charge in [0.05, 0.1) is 0 Å². The molecule has 1 amide bonds. The highest BCUT2D eigenvalue weighted by atomic mass is 16.5. The van der Waals surface area contributed by atoms with E-state index in [0.29, 0.717) is 18.9 Å². The lowest BCUT2D eigenvalue weighted by molar-refractivity contribution is -0.128. The number of rotatable bonds is 6. The fourth-order valence-electron chi connectivity index (χ4n) is 1.73. The molecule has 3 nitrogen and oxygen atoms in total. The van der Waals surface area contributed by atoms with Crippen molar-refractivity contribution >= 4 is 5.91 Å². The predicted molar refractivity (Wildman–Crippen MR) is 78.5 cm³/mol. The Morgan fingerprint density at radius 1 is 1.32 bits per heavy atom. The summed E-state index contributed by atoms with van der Waals surface area (Å²) in [6, 6.07) is 6.04. The van der Waals surface area contributed by atoms with E-state index in [-0.39, 0.29) is 5.91 Å². The summed E-state index contributed by atoms with van der Waals surface area (Å²) in [4.78, 5) is 12.0. The summed E-state index contributed by atoms with van der Waals surface area (Å²) >= 11 is 0. The third-order valence-electron chi connectivity index (χ3n) is 2.96. The van der Waals surface area contributed by atoms with Crippen LogP contribution in [0, 0.1) is 19.8 Å². The number of amides is 1. The first kappa shape index (κ1) is 15.5. The van der Waals surface area contributed by atoms with Crippen LogP contribution in [-0.4, -0.2) is 18.6 Å². The molecule has 0 aliphatic heterocycles. The van der Waals surface area contributed by atoms with E-state index >= 15 is 0 Å². The molecular formula is C16H25NO2. The second-order valence-electron chi connectivity index (χ2n) is 5.42. The van der Waals surface area contributed by atoms with E-state index < -0.39 is 6.10 Å². The van der Waals surface area contributed by atoms with E-state index in [9.17, 15) is 4.79 Å². The topological polar surface area (TPSA) is 38.3 Å². The van der Waals surface area contributed by atoms with E-state index in [1.165, 1.54) is 0 Å². The van der Waals surface area contributed by atoms with Crippen molar-refractivity contribution < 1.29 is 9.53 Å². The Morgan fingerprint density at radius 2 is 2.00 bits per heavy atom. The minimum Gasteiger partial charge on any atom is -0.480 e. The van der Waals surface area contributed by atoms with Crippen LogP contribution in [0.25, 0.3) is 0 Å². The lowest BCUT2D eigenvalue weighted by Gasteiger charge is -2.19. The maximum Gasteiger partial charge on any atom is 0.261 e. The molecule has 0 saturated heterocycles. The average Bonchev–Trinajstić information content (AvgIpc) is 2.36. The van der Waals surface area contributed by atoms with E-state index in [0.717, 1.165) is 16.9 Å². The molecule has 1 rings (SSSR count). The summed E-state index contributed by atoms with van der Waals surface area (Å²) in [5.41, 5.74) is 2.19. The summed E-state index contributed by atoms with van der Waals surface area (Å²) in [6.45, 7) is 10.8. The molecule has 1 N–H and O–H groups in total. The van der Waals surface area contributed by atoms with Crippen molar-refractivity contribution in [3.8, 4) is 5.75 Å². The van der Waals surface area contributed by atoms with Crippen LogP contribution in [0.1, 0.15) is 38.3 Å². The second kappa shape index (κ2) is 7.17. The van der Waals surface area contributed by atoms with Gasteiger partial charge in [0.1, 0.15) is 5.75 Å². The Bertz CT molecular complexity index is 427. The number of ether oxygens (including phenoxy) is 1. The summed E-state index contributed by atoms with van der Waals surface area (Å²) in [6.07, 6.45) is 0.247. The Kier molecular flexibility index (Phi) is 5.87. The zero-order valence-electron chi connectivity index (χ0n) is 12.6. The van der Waals surface area contributed by atoms with Gasteiger partial charge in [-0.15, -0.1) is 0 Å². The molecular weight excluding hydrogens is 238 g/mol. The number of hydrogen-bond donors (Lipinski definition) is 1. The monoisotopic (exact) mass is 263 g/mol. The number of benzene rings is 1. The first-order valence-electron chi connectivity index (χ1n) is 6.95. The van der Waals surface area contributed by atoms with Gasteiger partial charge >= 0.3 is 0 Å². The Balaban J connectivity index is 2.70. The number of nitrogens with one attached hydrogen (secondary N) is 1. The van der Waals surface area contributed by atoms with Gasteiger partial charge in [-0.1, -0.05) is 32.9 Å². The van der Waals surface area contributed by atoms with Crippen molar-refractivity contribution in [3.63, 3.8) is 0 Å². The fourth-order valence-corrected chi connectivity index (χ4v) is 1.73. The van der Waals surface area contributed by atoms with Gasteiger partial charge in [-0.25, -0.2) is 0 Å². The molecule has 19 heavy (non-hydrogen) atoms. The maximum absolute atomic E-state index is 12.0. The van der Waals surface area contributed by atoms with Crippen molar-refractivity contribution in [2.45, 2.75) is 47.1 Å². The minimum absolute atomic E-state index is 0.0305. The fraction of sp³-hybridized carbons (Fsp3) is 0.562. The normalized spacial score (nSPS) is 12.3. The molecule has 1 atom stereocenters. The quantitative estimate of drug-likeness (QED) is 0.855. The van der Waals surface area contributed by atoms with Crippen LogP contribution in [-0.2, 0) is 4.79 Å². The van der Waals surface area contributed by atoms with E-state index in [2.05, 4.69) is 19.2 Å². The summed E-state index contributed by atoms with van der Waals surface area (Å²) in [5, 5.41) is 2.92. The smallest absolute Gasteiger partial charge is 0.261 e. The molecule has 1 aromatic carbocycles. The third kappa shape index (κ3) is 4.93. The first-order valence-corrected chi connectivity index (χ1v) is 6.95. The van der Waals surface area contributed by atoms with Crippen LogP contribution in [0.2, 0.25) is 0 Å². The average molecular weight is 263 g/mol. The van der Waals surface area contributed by atoms with Crippen molar-refractivity contribution in [1.82, 2.24) is 5.32 Å². The molecule has 1 aromatic rings. The molecule has 0 spiro atoms. The van der Waals surface area contributed by atoms with Crippen molar-refractivity contribution in [1.29, 1.82) is 0 Å². The highest BCUT2D eigenvalue weighted by Gasteiger charge is 2.19. The molecule has 0 aliphatic rings. The number of carbonyl (C=O) groups excluding carboxylic acids is 1. The number of aryl methyl sites for hydroxylation is 2. The molecule has 0 heterocycles. The van der Waals surface area contributed by atoms with Gasteiger partial charge in [0.15, 0.2) is 6.10 Å². The SMILES string of the molecule is CC[C@H](Oc1cc(C)ccc1C)C(=O)NCC(C)C. The molecule has 106 valence electrons.